The second-order valence-electron chi connectivity index (χ2n) is 3.45. The maximum atomic E-state index is 5.70. The zero-order chi connectivity index (χ0) is 11.0. The Morgan fingerprint density at radius 3 is 1.86 bits per heavy atom. The Balaban J connectivity index is 4.21. The molecule has 0 heterocycles. The van der Waals surface area contributed by atoms with Crippen LogP contribution in [-0.2, 0) is 8.85 Å². The van der Waals surface area contributed by atoms with Crippen molar-refractivity contribution in [3.63, 3.8) is 0 Å². The van der Waals surface area contributed by atoms with Crippen LogP contribution in [-0.4, -0.2) is 47.2 Å². The molecule has 0 amide bonds. The van der Waals surface area contributed by atoms with Crippen molar-refractivity contribution in [2.24, 2.45) is 0 Å². The fourth-order valence-corrected chi connectivity index (χ4v) is 3.36. The van der Waals surface area contributed by atoms with Crippen LogP contribution < -0.4 is 0 Å². The lowest BCUT2D eigenvalue weighted by Crippen LogP contribution is -2.46. The zero-order valence-corrected chi connectivity index (χ0v) is 11.2. The molecular formula is C10H24NO2Si. The second-order valence-corrected chi connectivity index (χ2v) is 5.34. The molecule has 0 rings (SSSR count). The number of rotatable bonds is 8. The lowest BCUT2D eigenvalue weighted by atomic mass is 10.3. The summed E-state index contributed by atoms with van der Waals surface area (Å²) in [6.07, 6.45) is 2.33. The summed E-state index contributed by atoms with van der Waals surface area (Å²) in [5.41, 5.74) is 0.463. The molecule has 85 valence electrons. The van der Waals surface area contributed by atoms with Crippen LogP contribution in [0.3, 0.4) is 0 Å². The largest absolute Gasteiger partial charge is 0.403 e. The summed E-state index contributed by atoms with van der Waals surface area (Å²) in [5, 5.41) is 0. The Bertz CT molecular complexity index is 127. The summed E-state index contributed by atoms with van der Waals surface area (Å²) in [7, 11) is 3.08. The molecule has 0 N–H and O–H groups in total. The summed E-state index contributed by atoms with van der Waals surface area (Å²) >= 11 is 0. The first-order chi connectivity index (χ1) is 6.67. The average molecular weight is 218 g/mol. The minimum Gasteiger partial charge on any atom is -0.393 e. The van der Waals surface area contributed by atoms with E-state index in [-0.39, 0.29) is 0 Å². The molecule has 0 aliphatic heterocycles. The minimum absolute atomic E-state index is 0.463. The van der Waals surface area contributed by atoms with E-state index in [4.69, 9.17) is 8.85 Å². The number of hydrogen-bond acceptors (Lipinski definition) is 3. The maximum absolute atomic E-state index is 5.70. The van der Waals surface area contributed by atoms with E-state index in [1.165, 1.54) is 6.42 Å². The fourth-order valence-electron chi connectivity index (χ4n) is 1.38. The molecule has 14 heavy (non-hydrogen) atoms. The molecule has 0 saturated carbocycles. The summed E-state index contributed by atoms with van der Waals surface area (Å²) in [6, 6.07) is 0. The first kappa shape index (κ1) is 14.1. The molecule has 0 fully saturated rings. The molecule has 0 aromatic rings. The molecule has 1 unspecified atom stereocenters. The Labute approximate surface area is 90.2 Å². The Morgan fingerprint density at radius 1 is 1.07 bits per heavy atom. The van der Waals surface area contributed by atoms with Crippen LogP contribution in [0.1, 0.15) is 33.6 Å². The molecule has 0 spiro atoms. The smallest absolute Gasteiger partial charge is 0.393 e. The molecule has 3 nitrogen and oxygen atoms in total. The van der Waals surface area contributed by atoms with Gasteiger partial charge in [0.25, 0.3) is 0 Å². The highest BCUT2D eigenvalue weighted by atomic mass is 28.3. The zero-order valence-electron chi connectivity index (χ0n) is 10.2. The van der Waals surface area contributed by atoms with Gasteiger partial charge in [0, 0.05) is 13.2 Å². The fraction of sp³-hybridized carbons (Fsp3) is 1.00. The quantitative estimate of drug-likeness (QED) is 0.580. The average Bonchev–Trinajstić information content (AvgIpc) is 2.13. The van der Waals surface area contributed by atoms with Crippen LogP contribution in [0.2, 0.25) is 0 Å². The van der Waals surface area contributed by atoms with Crippen LogP contribution in [0.25, 0.3) is 0 Å². The minimum atomic E-state index is -1.12. The van der Waals surface area contributed by atoms with Gasteiger partial charge in [0.15, 0.2) is 0 Å². The van der Waals surface area contributed by atoms with Gasteiger partial charge in [-0.15, -0.1) is 0 Å². The van der Waals surface area contributed by atoms with E-state index in [2.05, 4.69) is 25.9 Å². The van der Waals surface area contributed by atoms with Gasteiger partial charge in [-0.05, 0) is 34.4 Å². The maximum Gasteiger partial charge on any atom is 0.403 e. The third-order valence-corrected chi connectivity index (χ3v) is 4.53. The van der Waals surface area contributed by atoms with Gasteiger partial charge >= 0.3 is 9.28 Å². The van der Waals surface area contributed by atoms with Crippen molar-refractivity contribution in [2.75, 3.05) is 27.3 Å². The van der Waals surface area contributed by atoms with Gasteiger partial charge in [-0.1, -0.05) is 13.3 Å². The first-order valence-electron chi connectivity index (χ1n) is 5.46. The SMILES string of the molecule is CCCC(N(C)C)[Si](OCC)OCC. The standard InChI is InChI=1S/C10H24NO2Si/c1-6-9-10(11(4)5)14(12-7-2)13-8-3/h10H,6-9H2,1-5H3. The van der Waals surface area contributed by atoms with Gasteiger partial charge in [-0.3, -0.25) is 0 Å². The van der Waals surface area contributed by atoms with Crippen molar-refractivity contribution >= 4 is 9.28 Å². The highest BCUT2D eigenvalue weighted by Gasteiger charge is 2.28. The van der Waals surface area contributed by atoms with Crippen LogP contribution in [0.15, 0.2) is 0 Å². The topological polar surface area (TPSA) is 21.7 Å². The van der Waals surface area contributed by atoms with Crippen molar-refractivity contribution < 1.29 is 8.85 Å². The van der Waals surface area contributed by atoms with Crippen LogP contribution >= 0.6 is 0 Å². The van der Waals surface area contributed by atoms with Gasteiger partial charge in [-0.25, -0.2) is 0 Å². The lowest BCUT2D eigenvalue weighted by Gasteiger charge is -2.28. The van der Waals surface area contributed by atoms with Crippen molar-refractivity contribution in [2.45, 2.75) is 39.3 Å². The molecule has 0 aromatic carbocycles. The third kappa shape index (κ3) is 5.10. The van der Waals surface area contributed by atoms with Gasteiger partial charge < -0.3 is 13.8 Å². The van der Waals surface area contributed by atoms with Crippen LogP contribution in [0.4, 0.5) is 0 Å². The van der Waals surface area contributed by atoms with E-state index >= 15 is 0 Å². The van der Waals surface area contributed by atoms with E-state index in [9.17, 15) is 0 Å². The van der Waals surface area contributed by atoms with Gasteiger partial charge in [0.05, 0.1) is 5.67 Å². The van der Waals surface area contributed by atoms with E-state index in [0.717, 1.165) is 19.6 Å². The molecule has 0 bridgehead atoms. The molecule has 0 saturated heterocycles. The molecule has 0 aliphatic carbocycles. The van der Waals surface area contributed by atoms with E-state index in [0.29, 0.717) is 5.67 Å². The number of hydrogen-bond donors (Lipinski definition) is 0. The summed E-state index contributed by atoms with van der Waals surface area (Å²) in [6.45, 7) is 7.77. The molecule has 4 heteroatoms. The van der Waals surface area contributed by atoms with Crippen molar-refractivity contribution in [3.05, 3.63) is 0 Å². The van der Waals surface area contributed by atoms with E-state index < -0.39 is 9.28 Å². The lowest BCUT2D eigenvalue weighted by molar-refractivity contribution is 0.173. The van der Waals surface area contributed by atoms with Crippen LogP contribution in [0, 0.1) is 0 Å². The molecule has 1 radical (unpaired) electrons. The second kappa shape index (κ2) is 8.41. The predicted molar refractivity (Wildman–Crippen MR) is 61.4 cm³/mol. The van der Waals surface area contributed by atoms with Gasteiger partial charge in [0.2, 0.25) is 0 Å². The van der Waals surface area contributed by atoms with Gasteiger partial charge in [0.1, 0.15) is 0 Å². The highest BCUT2D eigenvalue weighted by Crippen LogP contribution is 2.09. The Kier molecular flexibility index (Phi) is 8.47. The summed E-state index contributed by atoms with van der Waals surface area (Å²) in [5.74, 6) is 0. The van der Waals surface area contributed by atoms with Crippen molar-refractivity contribution in [1.29, 1.82) is 0 Å². The Morgan fingerprint density at radius 2 is 1.57 bits per heavy atom. The first-order valence-corrected chi connectivity index (χ1v) is 6.85. The molecular weight excluding hydrogens is 194 g/mol. The third-order valence-electron chi connectivity index (χ3n) is 2.03. The van der Waals surface area contributed by atoms with Crippen molar-refractivity contribution in [3.8, 4) is 0 Å². The molecule has 0 aromatic heterocycles. The highest BCUT2D eigenvalue weighted by molar-refractivity contribution is 6.46. The van der Waals surface area contributed by atoms with E-state index in [1.807, 2.05) is 13.8 Å². The molecule has 0 aliphatic rings. The normalized spacial score (nSPS) is 13.9. The monoisotopic (exact) mass is 218 g/mol. The summed E-state index contributed by atoms with van der Waals surface area (Å²) in [4.78, 5) is 2.23. The number of nitrogens with zero attached hydrogens (tertiary/aromatic N) is 1. The predicted octanol–water partition coefficient (Wildman–Crippen LogP) is 1.82. The van der Waals surface area contributed by atoms with E-state index in [1.54, 1.807) is 0 Å². The van der Waals surface area contributed by atoms with Crippen LogP contribution in [0.5, 0.6) is 0 Å². The summed E-state index contributed by atoms with van der Waals surface area (Å²) < 4.78 is 11.4. The van der Waals surface area contributed by atoms with Crippen molar-refractivity contribution in [1.82, 2.24) is 4.90 Å². The molecule has 1 atom stereocenters. The Hall–Kier alpha value is 0.0969. The van der Waals surface area contributed by atoms with Gasteiger partial charge in [-0.2, -0.15) is 0 Å².